The van der Waals surface area contributed by atoms with E-state index in [1.807, 2.05) is 6.92 Å². The first-order valence-electron chi connectivity index (χ1n) is 11.0. The Kier molecular flexibility index (Phi) is 7.07. The maximum atomic E-state index is 13.0. The second-order valence-electron chi connectivity index (χ2n) is 8.86. The van der Waals surface area contributed by atoms with Gasteiger partial charge in [0, 0.05) is 23.7 Å². The number of pyridine rings is 1. The number of hydrogen-bond acceptors (Lipinski definition) is 3. The van der Waals surface area contributed by atoms with Gasteiger partial charge in [-0.15, -0.1) is 0 Å². The summed E-state index contributed by atoms with van der Waals surface area (Å²) < 4.78 is 0. The number of carbonyl (C=O) groups is 1. The molecule has 4 nitrogen and oxygen atoms in total. The van der Waals surface area contributed by atoms with Crippen LogP contribution in [0.1, 0.15) is 68.5 Å². The standard InChI is InChI=1S/C25H35N3O/c1-16(2)14-22-21(15-26)23(19-12-10-17(3)11-13-19)24(18(4)27-22)28-25(29)20-8-6-5-7-9-20/h10-13,16,20H,5-9,14-15,26H2,1-4H3,(H,28,29). The Bertz CT molecular complexity index is 849. The lowest BCUT2D eigenvalue weighted by molar-refractivity contribution is -0.120. The molecule has 29 heavy (non-hydrogen) atoms. The van der Waals surface area contributed by atoms with E-state index in [1.54, 1.807) is 0 Å². The van der Waals surface area contributed by atoms with E-state index in [0.717, 1.165) is 65.9 Å². The number of carbonyl (C=O) groups excluding carboxylic acids is 1. The van der Waals surface area contributed by atoms with Gasteiger partial charge < -0.3 is 11.1 Å². The number of nitrogens with two attached hydrogens (primary N) is 1. The molecule has 0 atom stereocenters. The van der Waals surface area contributed by atoms with Crippen molar-refractivity contribution in [3.8, 4) is 11.1 Å². The fraction of sp³-hybridized carbons (Fsp3) is 0.520. The fourth-order valence-corrected chi connectivity index (χ4v) is 4.36. The maximum Gasteiger partial charge on any atom is 0.227 e. The normalized spacial score (nSPS) is 15.0. The molecular formula is C25H35N3O. The second kappa shape index (κ2) is 9.53. The van der Waals surface area contributed by atoms with Crippen molar-refractivity contribution in [1.82, 2.24) is 4.98 Å². The lowest BCUT2D eigenvalue weighted by Gasteiger charge is -2.25. The predicted molar refractivity (Wildman–Crippen MR) is 121 cm³/mol. The number of aromatic nitrogens is 1. The molecule has 2 aromatic rings. The largest absolute Gasteiger partial charge is 0.326 e. The van der Waals surface area contributed by atoms with Crippen LogP contribution in [0.4, 0.5) is 5.69 Å². The number of rotatable bonds is 6. The summed E-state index contributed by atoms with van der Waals surface area (Å²) >= 11 is 0. The summed E-state index contributed by atoms with van der Waals surface area (Å²) in [5.74, 6) is 0.717. The summed E-state index contributed by atoms with van der Waals surface area (Å²) in [5.41, 5.74) is 13.4. The molecule has 1 aliphatic rings. The Morgan fingerprint density at radius 1 is 1.14 bits per heavy atom. The summed E-state index contributed by atoms with van der Waals surface area (Å²) in [7, 11) is 0. The molecule has 0 aliphatic heterocycles. The summed E-state index contributed by atoms with van der Waals surface area (Å²) in [6.07, 6.45) is 6.35. The molecule has 1 saturated carbocycles. The van der Waals surface area contributed by atoms with Crippen LogP contribution in [0.5, 0.6) is 0 Å². The van der Waals surface area contributed by atoms with E-state index < -0.39 is 0 Å². The topological polar surface area (TPSA) is 68.0 Å². The molecule has 0 unspecified atom stereocenters. The van der Waals surface area contributed by atoms with Crippen molar-refractivity contribution in [3.63, 3.8) is 0 Å². The van der Waals surface area contributed by atoms with Gasteiger partial charge in [-0.3, -0.25) is 9.78 Å². The zero-order valence-electron chi connectivity index (χ0n) is 18.3. The number of amides is 1. The molecule has 0 bridgehead atoms. The summed E-state index contributed by atoms with van der Waals surface area (Å²) in [5, 5.41) is 3.26. The van der Waals surface area contributed by atoms with Gasteiger partial charge in [-0.1, -0.05) is 62.9 Å². The zero-order chi connectivity index (χ0) is 21.0. The van der Waals surface area contributed by atoms with Crippen molar-refractivity contribution in [2.45, 2.75) is 72.8 Å². The number of hydrogen-bond donors (Lipinski definition) is 2. The van der Waals surface area contributed by atoms with Gasteiger partial charge in [-0.05, 0) is 50.2 Å². The molecule has 0 saturated heterocycles. The molecule has 1 fully saturated rings. The first kappa shape index (κ1) is 21.5. The first-order valence-corrected chi connectivity index (χ1v) is 11.0. The SMILES string of the molecule is Cc1ccc(-c2c(CN)c(CC(C)C)nc(C)c2NC(=O)C2CCCCC2)cc1. The Hall–Kier alpha value is -2.20. The quantitative estimate of drug-likeness (QED) is 0.677. The van der Waals surface area contributed by atoms with Crippen LogP contribution in [0.25, 0.3) is 11.1 Å². The highest BCUT2D eigenvalue weighted by Gasteiger charge is 2.25. The molecule has 3 rings (SSSR count). The van der Waals surface area contributed by atoms with E-state index >= 15 is 0 Å². The monoisotopic (exact) mass is 393 g/mol. The van der Waals surface area contributed by atoms with Crippen molar-refractivity contribution < 1.29 is 4.79 Å². The predicted octanol–water partition coefficient (Wildman–Crippen LogP) is 5.54. The first-order chi connectivity index (χ1) is 13.9. The van der Waals surface area contributed by atoms with Crippen molar-refractivity contribution in [1.29, 1.82) is 0 Å². The Labute approximate surface area is 175 Å². The van der Waals surface area contributed by atoms with Crippen molar-refractivity contribution in [3.05, 3.63) is 46.8 Å². The summed E-state index contributed by atoms with van der Waals surface area (Å²) in [6, 6.07) is 8.47. The van der Waals surface area contributed by atoms with Crippen molar-refractivity contribution >= 4 is 11.6 Å². The number of aryl methyl sites for hydroxylation is 2. The molecular weight excluding hydrogens is 358 g/mol. The van der Waals surface area contributed by atoms with Gasteiger partial charge in [0.05, 0.1) is 11.4 Å². The van der Waals surface area contributed by atoms with Gasteiger partial charge >= 0.3 is 0 Å². The lowest BCUT2D eigenvalue weighted by atomic mass is 9.88. The Balaban J connectivity index is 2.10. The van der Waals surface area contributed by atoms with Gasteiger partial charge in [0.25, 0.3) is 0 Å². The third kappa shape index (κ3) is 5.05. The molecule has 4 heteroatoms. The van der Waals surface area contributed by atoms with E-state index in [0.29, 0.717) is 12.5 Å². The minimum absolute atomic E-state index is 0.102. The van der Waals surface area contributed by atoms with Crippen molar-refractivity contribution in [2.75, 3.05) is 5.32 Å². The van der Waals surface area contributed by atoms with Crippen LogP contribution >= 0.6 is 0 Å². The van der Waals surface area contributed by atoms with Crippen LogP contribution < -0.4 is 11.1 Å². The molecule has 1 aliphatic carbocycles. The highest BCUT2D eigenvalue weighted by molar-refractivity contribution is 5.98. The minimum atomic E-state index is 0.102. The van der Waals surface area contributed by atoms with E-state index in [1.165, 1.54) is 12.0 Å². The summed E-state index contributed by atoms with van der Waals surface area (Å²) in [6.45, 7) is 8.88. The molecule has 1 aromatic heterocycles. The fourth-order valence-electron chi connectivity index (χ4n) is 4.36. The van der Waals surface area contributed by atoms with Crippen LogP contribution in [0.15, 0.2) is 24.3 Å². The van der Waals surface area contributed by atoms with Crippen LogP contribution in [-0.4, -0.2) is 10.9 Å². The van der Waals surface area contributed by atoms with Gasteiger partial charge in [-0.2, -0.15) is 0 Å². The van der Waals surface area contributed by atoms with Gasteiger partial charge in [-0.25, -0.2) is 0 Å². The molecule has 1 aromatic carbocycles. The minimum Gasteiger partial charge on any atom is -0.326 e. The zero-order valence-corrected chi connectivity index (χ0v) is 18.3. The molecule has 3 N–H and O–H groups in total. The van der Waals surface area contributed by atoms with Crippen molar-refractivity contribution in [2.24, 2.45) is 17.6 Å². The molecule has 0 radical (unpaired) electrons. The lowest BCUT2D eigenvalue weighted by Crippen LogP contribution is -2.26. The molecule has 0 spiro atoms. The Morgan fingerprint density at radius 2 is 1.79 bits per heavy atom. The van der Waals surface area contributed by atoms with Crippen LogP contribution in [0.3, 0.4) is 0 Å². The van der Waals surface area contributed by atoms with E-state index in [2.05, 4.69) is 50.4 Å². The molecule has 156 valence electrons. The van der Waals surface area contributed by atoms with Crippen LogP contribution in [-0.2, 0) is 17.8 Å². The van der Waals surface area contributed by atoms with Gasteiger partial charge in [0.1, 0.15) is 0 Å². The van der Waals surface area contributed by atoms with E-state index in [-0.39, 0.29) is 11.8 Å². The molecule has 1 heterocycles. The average molecular weight is 394 g/mol. The van der Waals surface area contributed by atoms with Crippen LogP contribution in [0.2, 0.25) is 0 Å². The van der Waals surface area contributed by atoms with Crippen LogP contribution in [0, 0.1) is 25.7 Å². The van der Waals surface area contributed by atoms with Gasteiger partial charge in [0.2, 0.25) is 5.91 Å². The number of benzene rings is 1. The average Bonchev–Trinajstić information content (AvgIpc) is 2.70. The second-order valence-corrected chi connectivity index (χ2v) is 8.86. The third-order valence-electron chi connectivity index (χ3n) is 5.93. The summed E-state index contributed by atoms with van der Waals surface area (Å²) in [4.78, 5) is 17.9. The maximum absolute atomic E-state index is 13.0. The highest BCUT2D eigenvalue weighted by Crippen LogP contribution is 2.37. The number of nitrogens with zero attached hydrogens (tertiary/aromatic N) is 1. The Morgan fingerprint density at radius 3 is 2.38 bits per heavy atom. The van der Waals surface area contributed by atoms with Gasteiger partial charge in [0.15, 0.2) is 0 Å². The number of anilines is 1. The van der Waals surface area contributed by atoms with E-state index in [4.69, 9.17) is 10.7 Å². The van der Waals surface area contributed by atoms with E-state index in [9.17, 15) is 4.79 Å². The smallest absolute Gasteiger partial charge is 0.227 e. The molecule has 1 amide bonds. The number of nitrogens with one attached hydrogen (secondary N) is 1. The third-order valence-corrected chi connectivity index (χ3v) is 5.93. The highest BCUT2D eigenvalue weighted by atomic mass is 16.1.